The van der Waals surface area contributed by atoms with Gasteiger partial charge in [-0.05, 0) is 44.4 Å². The molecule has 3 atom stereocenters. The molecule has 3 fully saturated rings. The normalized spacial score (nSPS) is 30.0. The van der Waals surface area contributed by atoms with Crippen LogP contribution in [0, 0.1) is 11.8 Å². The van der Waals surface area contributed by atoms with Crippen LogP contribution in [0.5, 0.6) is 0 Å². The lowest BCUT2D eigenvalue weighted by atomic mass is 9.89. The Morgan fingerprint density at radius 3 is 2.43 bits per heavy atom. The first-order chi connectivity index (χ1) is 13.7. The molecular weight excluding hydrogens is 360 g/mol. The molecule has 2 saturated heterocycles. The molecule has 0 aromatic heterocycles. The minimum atomic E-state index is -0.450. The van der Waals surface area contributed by atoms with Crippen molar-refractivity contribution in [3.8, 4) is 0 Å². The lowest BCUT2D eigenvalue weighted by Gasteiger charge is -2.37. The van der Waals surface area contributed by atoms with Gasteiger partial charge in [-0.2, -0.15) is 0 Å². The second kappa shape index (κ2) is 11.1. The van der Waals surface area contributed by atoms with Crippen molar-refractivity contribution >= 4 is 11.8 Å². The highest BCUT2D eigenvalue weighted by Gasteiger charge is 2.34. The second-order valence-corrected chi connectivity index (χ2v) is 8.57. The van der Waals surface area contributed by atoms with Gasteiger partial charge in [-0.1, -0.05) is 19.3 Å². The molecule has 2 amide bonds. The maximum atomic E-state index is 12.5. The highest BCUT2D eigenvalue weighted by Crippen LogP contribution is 2.25. The molecule has 3 N–H and O–H groups in total. The van der Waals surface area contributed by atoms with E-state index in [1.807, 2.05) is 0 Å². The quantitative estimate of drug-likeness (QED) is 0.606. The molecule has 0 bridgehead atoms. The molecule has 3 rings (SSSR count). The third-order valence-corrected chi connectivity index (χ3v) is 6.44. The fraction of sp³-hybridized carbons (Fsp3) is 0.905. The average molecular weight is 397 g/mol. The summed E-state index contributed by atoms with van der Waals surface area (Å²) in [6.45, 7) is 1.86. The molecule has 3 aliphatic rings. The summed E-state index contributed by atoms with van der Waals surface area (Å²) in [5.74, 6) is 0.646. The van der Waals surface area contributed by atoms with Crippen LogP contribution < -0.4 is 10.6 Å². The highest BCUT2D eigenvalue weighted by atomic mass is 16.5. The number of amides is 2. The summed E-state index contributed by atoms with van der Waals surface area (Å²) in [6, 6.07) is -0.193. The third-order valence-electron chi connectivity index (χ3n) is 6.44. The van der Waals surface area contributed by atoms with Gasteiger partial charge in [-0.25, -0.2) is 0 Å². The van der Waals surface area contributed by atoms with E-state index in [9.17, 15) is 14.7 Å². The number of nitrogens with one attached hydrogen (secondary N) is 2. The van der Waals surface area contributed by atoms with Gasteiger partial charge in [0.05, 0.1) is 25.2 Å². The zero-order valence-electron chi connectivity index (χ0n) is 16.9. The predicted molar refractivity (Wildman–Crippen MR) is 105 cm³/mol. The van der Waals surface area contributed by atoms with Crippen molar-refractivity contribution in [2.24, 2.45) is 11.8 Å². The zero-order valence-corrected chi connectivity index (χ0v) is 16.9. The van der Waals surface area contributed by atoms with Gasteiger partial charge in [0.15, 0.2) is 0 Å². The van der Waals surface area contributed by atoms with Gasteiger partial charge in [0.2, 0.25) is 11.8 Å². The molecule has 2 aliphatic heterocycles. The molecule has 160 valence electrons. The second-order valence-electron chi connectivity index (χ2n) is 8.57. The van der Waals surface area contributed by atoms with Gasteiger partial charge in [-0.15, -0.1) is 0 Å². The van der Waals surface area contributed by atoms with Crippen LogP contribution in [0.4, 0.5) is 0 Å². The van der Waals surface area contributed by atoms with Crippen molar-refractivity contribution in [2.45, 2.75) is 82.5 Å². The number of rotatable bonds is 7. The number of carbonyl (C=O) groups is 2. The van der Waals surface area contributed by atoms with Gasteiger partial charge < -0.3 is 25.2 Å². The number of hydrogen-bond donors (Lipinski definition) is 3. The van der Waals surface area contributed by atoms with Gasteiger partial charge in [0.25, 0.3) is 0 Å². The van der Waals surface area contributed by atoms with Crippen molar-refractivity contribution in [1.29, 1.82) is 0 Å². The number of ether oxygens (including phenoxy) is 2. The highest BCUT2D eigenvalue weighted by molar-refractivity contribution is 5.79. The fourth-order valence-corrected chi connectivity index (χ4v) is 4.64. The van der Waals surface area contributed by atoms with Crippen molar-refractivity contribution in [1.82, 2.24) is 10.6 Å². The molecule has 7 nitrogen and oxygen atoms in total. The van der Waals surface area contributed by atoms with Crippen LogP contribution in [0.2, 0.25) is 0 Å². The summed E-state index contributed by atoms with van der Waals surface area (Å²) in [7, 11) is 0. The number of aliphatic hydroxyl groups is 1. The predicted octanol–water partition coefficient (Wildman–Crippen LogP) is 1.52. The first-order valence-electron chi connectivity index (χ1n) is 11.1. The topological polar surface area (TPSA) is 96.9 Å². The Kier molecular flexibility index (Phi) is 8.55. The first kappa shape index (κ1) is 21.5. The Labute approximate surface area is 167 Å². The van der Waals surface area contributed by atoms with Crippen molar-refractivity contribution in [3.63, 3.8) is 0 Å². The minimum Gasteiger partial charge on any atom is -0.394 e. The molecule has 28 heavy (non-hydrogen) atoms. The van der Waals surface area contributed by atoms with E-state index in [0.717, 1.165) is 25.8 Å². The summed E-state index contributed by atoms with van der Waals surface area (Å²) in [5, 5.41) is 15.8. The summed E-state index contributed by atoms with van der Waals surface area (Å²) in [4.78, 5) is 24.7. The number of aliphatic hydroxyl groups excluding tert-OH is 1. The van der Waals surface area contributed by atoms with Gasteiger partial charge in [0.1, 0.15) is 6.10 Å². The maximum absolute atomic E-state index is 12.5. The Hall–Kier alpha value is -1.18. The number of carbonyl (C=O) groups excluding carboxylic acids is 2. The summed E-state index contributed by atoms with van der Waals surface area (Å²) in [5.41, 5.74) is 0. The first-order valence-corrected chi connectivity index (χ1v) is 11.1. The molecule has 0 radical (unpaired) electrons. The Bertz CT molecular complexity index is 503. The van der Waals surface area contributed by atoms with Crippen LogP contribution in [-0.2, 0) is 19.1 Å². The summed E-state index contributed by atoms with van der Waals surface area (Å²) in [6.07, 6.45) is 8.87. The van der Waals surface area contributed by atoms with E-state index >= 15 is 0 Å². The average Bonchev–Trinajstić information content (AvgIpc) is 2.74. The molecule has 2 heterocycles. The van der Waals surface area contributed by atoms with Crippen LogP contribution in [0.25, 0.3) is 0 Å². The van der Waals surface area contributed by atoms with Crippen molar-refractivity contribution in [2.75, 3.05) is 26.4 Å². The van der Waals surface area contributed by atoms with Crippen LogP contribution in [0.15, 0.2) is 0 Å². The molecule has 1 aliphatic carbocycles. The van der Waals surface area contributed by atoms with E-state index in [0.29, 0.717) is 32.0 Å². The molecule has 0 spiro atoms. The fourth-order valence-electron chi connectivity index (χ4n) is 4.64. The van der Waals surface area contributed by atoms with Crippen LogP contribution in [-0.4, -0.2) is 61.5 Å². The Morgan fingerprint density at radius 1 is 0.964 bits per heavy atom. The molecule has 0 aromatic carbocycles. The monoisotopic (exact) mass is 396 g/mol. The van der Waals surface area contributed by atoms with Gasteiger partial charge in [0, 0.05) is 25.7 Å². The van der Waals surface area contributed by atoms with Gasteiger partial charge >= 0.3 is 0 Å². The van der Waals surface area contributed by atoms with E-state index in [-0.39, 0.29) is 36.5 Å². The largest absolute Gasteiger partial charge is 0.394 e. The summed E-state index contributed by atoms with van der Waals surface area (Å²) >= 11 is 0. The Morgan fingerprint density at radius 2 is 1.71 bits per heavy atom. The van der Waals surface area contributed by atoms with Crippen LogP contribution >= 0.6 is 0 Å². The molecule has 7 heteroatoms. The SMILES string of the molecule is O=C(C[C@@H]1CC[C@H](NC(=O)C2CCOCC2)[C@H](CO)O1)NCC1CCCCC1. The standard InChI is InChI=1S/C21H36N2O5/c24-14-19-18(23-21(26)16-8-10-27-11-9-16)7-6-17(28-19)12-20(25)22-13-15-4-2-1-3-5-15/h15-19,24H,1-14H2,(H,22,25)(H,23,26)/t17-,18-,19-/m0/s1. The van der Waals surface area contributed by atoms with Gasteiger partial charge in [-0.3, -0.25) is 9.59 Å². The Balaban J connectivity index is 1.39. The van der Waals surface area contributed by atoms with Crippen molar-refractivity contribution < 1.29 is 24.2 Å². The van der Waals surface area contributed by atoms with Crippen LogP contribution in [0.3, 0.4) is 0 Å². The van der Waals surface area contributed by atoms with Crippen LogP contribution in [0.1, 0.15) is 64.2 Å². The maximum Gasteiger partial charge on any atom is 0.223 e. The lowest BCUT2D eigenvalue weighted by molar-refractivity contribution is -0.139. The summed E-state index contributed by atoms with van der Waals surface area (Å²) < 4.78 is 11.3. The van der Waals surface area contributed by atoms with E-state index in [1.54, 1.807) is 0 Å². The molecule has 1 saturated carbocycles. The van der Waals surface area contributed by atoms with E-state index in [1.165, 1.54) is 32.1 Å². The lowest BCUT2D eigenvalue weighted by Crippen LogP contribution is -2.53. The smallest absolute Gasteiger partial charge is 0.223 e. The molecule has 0 unspecified atom stereocenters. The molecule has 0 aromatic rings. The molecular formula is C21H36N2O5. The van der Waals surface area contributed by atoms with E-state index in [4.69, 9.17) is 9.47 Å². The number of hydrogen-bond acceptors (Lipinski definition) is 5. The van der Waals surface area contributed by atoms with E-state index in [2.05, 4.69) is 10.6 Å². The third kappa shape index (κ3) is 6.42. The van der Waals surface area contributed by atoms with E-state index < -0.39 is 6.10 Å². The zero-order chi connectivity index (χ0) is 19.8. The minimum absolute atomic E-state index is 0.0172. The van der Waals surface area contributed by atoms with Crippen molar-refractivity contribution in [3.05, 3.63) is 0 Å².